The van der Waals surface area contributed by atoms with Crippen molar-refractivity contribution in [3.8, 4) is 0 Å². The van der Waals surface area contributed by atoms with Crippen LogP contribution in [0.1, 0.15) is 63.3 Å². The molecule has 146 valence electrons. The van der Waals surface area contributed by atoms with Crippen LogP contribution in [-0.4, -0.2) is 0 Å². The third-order valence-electron chi connectivity index (χ3n) is 6.03. The van der Waals surface area contributed by atoms with Crippen LogP contribution in [0.25, 0.3) is 0 Å². The number of aryl methyl sites for hydroxylation is 2. The predicted molar refractivity (Wildman–Crippen MR) is 120 cm³/mol. The van der Waals surface area contributed by atoms with E-state index in [9.17, 15) is 0 Å². The highest BCUT2D eigenvalue weighted by molar-refractivity contribution is 5.53. The van der Waals surface area contributed by atoms with Crippen LogP contribution in [0.2, 0.25) is 0 Å². The van der Waals surface area contributed by atoms with Gasteiger partial charge < -0.3 is 11.5 Å². The van der Waals surface area contributed by atoms with Gasteiger partial charge in [-0.15, -0.1) is 0 Å². The molecule has 0 saturated heterocycles. The molecule has 1 atom stereocenters. The SMILES string of the molecule is Cc1ccc(N)c(C(C)(C)CC=CC(C)C(C)(C)c2cc(C)ccc2N)c1. The van der Waals surface area contributed by atoms with E-state index >= 15 is 0 Å². The normalized spacial score (nSPS) is 13.9. The molecule has 0 saturated carbocycles. The van der Waals surface area contributed by atoms with Gasteiger partial charge in [0.1, 0.15) is 0 Å². The van der Waals surface area contributed by atoms with Gasteiger partial charge in [0.2, 0.25) is 0 Å². The maximum Gasteiger partial charge on any atom is 0.0352 e. The van der Waals surface area contributed by atoms with E-state index in [2.05, 4.69) is 84.9 Å². The molecular formula is C25H36N2. The Morgan fingerprint density at radius 2 is 1.33 bits per heavy atom. The molecule has 0 bridgehead atoms. The van der Waals surface area contributed by atoms with E-state index in [0.29, 0.717) is 5.92 Å². The quantitative estimate of drug-likeness (QED) is 0.466. The average molecular weight is 365 g/mol. The number of benzene rings is 2. The molecule has 0 fully saturated rings. The summed E-state index contributed by atoms with van der Waals surface area (Å²) in [4.78, 5) is 0. The van der Waals surface area contributed by atoms with Gasteiger partial charge >= 0.3 is 0 Å². The van der Waals surface area contributed by atoms with Gasteiger partial charge in [-0.3, -0.25) is 0 Å². The van der Waals surface area contributed by atoms with Gasteiger partial charge in [0.25, 0.3) is 0 Å². The Balaban J connectivity index is 2.19. The molecular weight excluding hydrogens is 328 g/mol. The summed E-state index contributed by atoms with van der Waals surface area (Å²) in [6.45, 7) is 15.6. The highest BCUT2D eigenvalue weighted by Crippen LogP contribution is 2.37. The van der Waals surface area contributed by atoms with Crippen molar-refractivity contribution in [2.75, 3.05) is 11.5 Å². The molecule has 4 N–H and O–H groups in total. The van der Waals surface area contributed by atoms with Crippen LogP contribution < -0.4 is 11.5 Å². The Kier molecular flexibility index (Phi) is 6.09. The maximum atomic E-state index is 6.28. The van der Waals surface area contributed by atoms with Crippen LogP contribution in [0, 0.1) is 19.8 Å². The first-order valence-corrected chi connectivity index (χ1v) is 9.85. The van der Waals surface area contributed by atoms with E-state index in [1.807, 2.05) is 12.1 Å². The molecule has 0 amide bonds. The Morgan fingerprint density at radius 1 is 0.852 bits per heavy atom. The minimum Gasteiger partial charge on any atom is -0.398 e. The highest BCUT2D eigenvalue weighted by atomic mass is 14.6. The van der Waals surface area contributed by atoms with E-state index < -0.39 is 0 Å². The lowest BCUT2D eigenvalue weighted by Crippen LogP contribution is -2.27. The molecule has 2 aromatic rings. The van der Waals surface area contributed by atoms with Gasteiger partial charge in [0.05, 0.1) is 0 Å². The Hall–Kier alpha value is -2.22. The number of nitrogens with two attached hydrogens (primary N) is 2. The van der Waals surface area contributed by atoms with E-state index in [1.54, 1.807) is 0 Å². The molecule has 2 nitrogen and oxygen atoms in total. The lowest BCUT2D eigenvalue weighted by Gasteiger charge is -2.32. The summed E-state index contributed by atoms with van der Waals surface area (Å²) in [7, 11) is 0. The van der Waals surface area contributed by atoms with Gasteiger partial charge in [0.15, 0.2) is 0 Å². The third-order valence-corrected chi connectivity index (χ3v) is 6.03. The second-order valence-corrected chi connectivity index (χ2v) is 9.21. The Bertz CT molecular complexity index is 828. The zero-order chi connectivity index (χ0) is 20.4. The van der Waals surface area contributed by atoms with Gasteiger partial charge in [-0.25, -0.2) is 0 Å². The first kappa shape index (κ1) is 21.1. The van der Waals surface area contributed by atoms with Crippen molar-refractivity contribution in [1.29, 1.82) is 0 Å². The van der Waals surface area contributed by atoms with Crippen molar-refractivity contribution in [2.45, 2.75) is 65.7 Å². The zero-order valence-electron chi connectivity index (χ0n) is 18.1. The topological polar surface area (TPSA) is 52.0 Å². The minimum atomic E-state index is -0.0287. The molecule has 0 aliphatic heterocycles. The first-order chi connectivity index (χ1) is 12.4. The fraction of sp³-hybridized carbons (Fsp3) is 0.440. The number of nitrogen functional groups attached to an aromatic ring is 2. The smallest absolute Gasteiger partial charge is 0.0352 e. The lowest BCUT2D eigenvalue weighted by molar-refractivity contribution is 0.408. The molecule has 1 unspecified atom stereocenters. The second-order valence-electron chi connectivity index (χ2n) is 9.21. The van der Waals surface area contributed by atoms with Gasteiger partial charge in [-0.2, -0.15) is 0 Å². The summed E-state index contributed by atoms with van der Waals surface area (Å²) in [5.74, 6) is 0.368. The molecule has 0 aliphatic carbocycles. The Labute approximate surface area is 165 Å². The Morgan fingerprint density at radius 3 is 1.89 bits per heavy atom. The van der Waals surface area contributed by atoms with Crippen molar-refractivity contribution in [3.05, 3.63) is 70.8 Å². The average Bonchev–Trinajstić information content (AvgIpc) is 2.58. The van der Waals surface area contributed by atoms with Crippen LogP contribution in [0.5, 0.6) is 0 Å². The van der Waals surface area contributed by atoms with Crippen LogP contribution in [0.4, 0.5) is 11.4 Å². The molecule has 0 aliphatic rings. The van der Waals surface area contributed by atoms with Crippen LogP contribution in [-0.2, 0) is 10.8 Å². The molecule has 2 heteroatoms. The summed E-state index contributed by atoms with van der Waals surface area (Å²) in [6, 6.07) is 12.6. The van der Waals surface area contributed by atoms with Crippen molar-refractivity contribution >= 4 is 11.4 Å². The number of hydrogen-bond donors (Lipinski definition) is 2. The fourth-order valence-corrected chi connectivity index (χ4v) is 3.65. The molecule has 27 heavy (non-hydrogen) atoms. The largest absolute Gasteiger partial charge is 0.398 e. The highest BCUT2D eigenvalue weighted by Gasteiger charge is 2.29. The number of allylic oxidation sites excluding steroid dienone is 2. The van der Waals surface area contributed by atoms with E-state index in [-0.39, 0.29) is 10.8 Å². The predicted octanol–water partition coefficient (Wildman–Crippen LogP) is 6.31. The number of rotatable bonds is 6. The third kappa shape index (κ3) is 4.74. The van der Waals surface area contributed by atoms with Gasteiger partial charge in [-0.05, 0) is 60.3 Å². The summed E-state index contributed by atoms with van der Waals surface area (Å²) in [5.41, 5.74) is 19.2. The standard InChI is InChI=1S/C25H36N2/c1-17-10-12-22(26)20(15-17)24(4,5)14-8-9-19(3)25(6,7)21-16-18(2)11-13-23(21)27/h8-13,15-16,19H,14,26-27H2,1-7H3. The summed E-state index contributed by atoms with van der Waals surface area (Å²) >= 11 is 0. The van der Waals surface area contributed by atoms with Crippen molar-refractivity contribution in [1.82, 2.24) is 0 Å². The lowest BCUT2D eigenvalue weighted by atomic mass is 9.72. The fourth-order valence-electron chi connectivity index (χ4n) is 3.65. The van der Waals surface area contributed by atoms with E-state index in [4.69, 9.17) is 11.5 Å². The minimum absolute atomic E-state index is 0.00116. The van der Waals surface area contributed by atoms with E-state index in [1.165, 1.54) is 22.3 Å². The second kappa shape index (κ2) is 7.80. The number of hydrogen-bond acceptors (Lipinski definition) is 2. The van der Waals surface area contributed by atoms with Gasteiger partial charge in [-0.1, -0.05) is 82.2 Å². The molecule has 2 aromatic carbocycles. The summed E-state index contributed by atoms with van der Waals surface area (Å²) in [5, 5.41) is 0. The number of anilines is 2. The van der Waals surface area contributed by atoms with Crippen LogP contribution in [0.15, 0.2) is 48.6 Å². The van der Waals surface area contributed by atoms with Crippen molar-refractivity contribution in [2.24, 2.45) is 5.92 Å². The summed E-state index contributed by atoms with van der Waals surface area (Å²) in [6.07, 6.45) is 5.58. The zero-order valence-corrected chi connectivity index (χ0v) is 18.1. The monoisotopic (exact) mass is 364 g/mol. The maximum absolute atomic E-state index is 6.28. The van der Waals surface area contributed by atoms with E-state index in [0.717, 1.165) is 17.8 Å². The van der Waals surface area contributed by atoms with Crippen molar-refractivity contribution in [3.63, 3.8) is 0 Å². The van der Waals surface area contributed by atoms with Gasteiger partial charge in [0, 0.05) is 11.4 Å². The molecule has 2 rings (SSSR count). The molecule has 0 radical (unpaired) electrons. The van der Waals surface area contributed by atoms with Crippen LogP contribution >= 0.6 is 0 Å². The summed E-state index contributed by atoms with van der Waals surface area (Å²) < 4.78 is 0. The van der Waals surface area contributed by atoms with Crippen LogP contribution in [0.3, 0.4) is 0 Å². The molecule has 0 spiro atoms. The molecule has 0 heterocycles. The first-order valence-electron chi connectivity index (χ1n) is 9.85. The van der Waals surface area contributed by atoms with Crippen molar-refractivity contribution < 1.29 is 0 Å². The molecule has 0 aromatic heterocycles.